The molecule has 3 nitrogen and oxygen atoms in total. The van der Waals surface area contributed by atoms with Crippen molar-refractivity contribution >= 4 is 0 Å². The van der Waals surface area contributed by atoms with E-state index >= 15 is 0 Å². The minimum Gasteiger partial charge on any atom is -0.393 e. The molecule has 124 valence electrons. The van der Waals surface area contributed by atoms with Gasteiger partial charge in [0.15, 0.2) is 0 Å². The summed E-state index contributed by atoms with van der Waals surface area (Å²) in [7, 11) is 2.25. The fourth-order valence-corrected chi connectivity index (χ4v) is 4.44. The lowest BCUT2D eigenvalue weighted by molar-refractivity contribution is 0.0195. The second-order valence-corrected chi connectivity index (χ2v) is 7.79. The molecule has 21 heavy (non-hydrogen) atoms. The number of hydrogen-bond donors (Lipinski definition) is 1. The van der Waals surface area contributed by atoms with Crippen molar-refractivity contribution in [2.75, 3.05) is 33.2 Å². The first-order valence-corrected chi connectivity index (χ1v) is 9.11. The first-order valence-electron chi connectivity index (χ1n) is 9.11. The average Bonchev–Trinajstić information content (AvgIpc) is 2.88. The molecule has 1 saturated heterocycles. The van der Waals surface area contributed by atoms with Crippen LogP contribution in [0.25, 0.3) is 0 Å². The Bertz CT molecular complexity index is 308. The SMILES string of the molecule is CCN1CCCC1CN(C)CC1CC(C(C)C)CCC1O. The number of likely N-dealkylation sites (N-methyl/N-ethyl adjacent to an activating group) is 2. The molecule has 3 heteroatoms. The van der Waals surface area contributed by atoms with E-state index in [9.17, 15) is 5.11 Å². The molecule has 0 aromatic carbocycles. The Morgan fingerprint density at radius 1 is 1.19 bits per heavy atom. The highest BCUT2D eigenvalue weighted by molar-refractivity contribution is 4.85. The topological polar surface area (TPSA) is 26.7 Å². The third-order valence-corrected chi connectivity index (χ3v) is 5.90. The van der Waals surface area contributed by atoms with Gasteiger partial charge in [-0.05, 0) is 70.0 Å². The Balaban J connectivity index is 1.81. The molecule has 0 amide bonds. The monoisotopic (exact) mass is 296 g/mol. The highest BCUT2D eigenvalue weighted by atomic mass is 16.3. The van der Waals surface area contributed by atoms with Gasteiger partial charge in [-0.25, -0.2) is 0 Å². The van der Waals surface area contributed by atoms with Gasteiger partial charge in [-0.2, -0.15) is 0 Å². The van der Waals surface area contributed by atoms with Gasteiger partial charge in [-0.15, -0.1) is 0 Å². The first-order chi connectivity index (χ1) is 10.0. The standard InChI is InChI=1S/C18H36N2O/c1-5-20-10-6-7-17(20)13-19(4)12-16-11-15(14(2)3)8-9-18(16)21/h14-18,21H,5-13H2,1-4H3. The van der Waals surface area contributed by atoms with E-state index in [4.69, 9.17) is 0 Å². The van der Waals surface area contributed by atoms with Gasteiger partial charge in [-0.1, -0.05) is 20.8 Å². The van der Waals surface area contributed by atoms with Gasteiger partial charge in [0, 0.05) is 19.1 Å². The summed E-state index contributed by atoms with van der Waals surface area (Å²) in [6.07, 6.45) is 6.06. The number of aliphatic hydroxyl groups is 1. The van der Waals surface area contributed by atoms with Gasteiger partial charge in [-0.3, -0.25) is 4.90 Å². The van der Waals surface area contributed by atoms with E-state index < -0.39 is 0 Å². The fraction of sp³-hybridized carbons (Fsp3) is 1.00. The third-order valence-electron chi connectivity index (χ3n) is 5.90. The molecule has 1 aliphatic heterocycles. The van der Waals surface area contributed by atoms with Gasteiger partial charge < -0.3 is 10.0 Å². The molecule has 2 aliphatic rings. The number of nitrogens with zero attached hydrogens (tertiary/aromatic N) is 2. The molecule has 0 radical (unpaired) electrons. The van der Waals surface area contributed by atoms with Crippen LogP contribution in [0, 0.1) is 17.8 Å². The van der Waals surface area contributed by atoms with Crippen LogP contribution in [0.3, 0.4) is 0 Å². The molecule has 2 rings (SSSR count). The second-order valence-electron chi connectivity index (χ2n) is 7.79. The predicted octanol–water partition coefficient (Wildman–Crippen LogP) is 2.84. The Labute approximate surface area is 131 Å². The fourth-order valence-electron chi connectivity index (χ4n) is 4.44. The quantitative estimate of drug-likeness (QED) is 0.816. The summed E-state index contributed by atoms with van der Waals surface area (Å²) in [5.41, 5.74) is 0. The molecular weight excluding hydrogens is 260 g/mol. The van der Waals surface area contributed by atoms with E-state index in [0.29, 0.717) is 5.92 Å². The van der Waals surface area contributed by atoms with Crippen molar-refractivity contribution in [1.29, 1.82) is 0 Å². The summed E-state index contributed by atoms with van der Waals surface area (Å²) in [6.45, 7) is 11.6. The van der Waals surface area contributed by atoms with Crippen LogP contribution >= 0.6 is 0 Å². The van der Waals surface area contributed by atoms with Crippen LogP contribution in [0.5, 0.6) is 0 Å². The van der Waals surface area contributed by atoms with E-state index in [1.165, 1.54) is 45.3 Å². The Morgan fingerprint density at radius 2 is 1.95 bits per heavy atom. The van der Waals surface area contributed by atoms with Crippen LogP contribution in [-0.2, 0) is 0 Å². The lowest BCUT2D eigenvalue weighted by atomic mass is 9.74. The lowest BCUT2D eigenvalue weighted by Crippen LogP contribution is -2.43. The van der Waals surface area contributed by atoms with E-state index in [1.54, 1.807) is 0 Å². The highest BCUT2D eigenvalue weighted by Crippen LogP contribution is 2.34. The third kappa shape index (κ3) is 4.67. The summed E-state index contributed by atoms with van der Waals surface area (Å²) < 4.78 is 0. The second kappa shape index (κ2) is 7.94. The van der Waals surface area contributed by atoms with Crippen LogP contribution in [0.4, 0.5) is 0 Å². The van der Waals surface area contributed by atoms with Crippen LogP contribution in [-0.4, -0.2) is 60.3 Å². The van der Waals surface area contributed by atoms with Crippen molar-refractivity contribution in [3.8, 4) is 0 Å². The van der Waals surface area contributed by atoms with Crippen molar-refractivity contribution in [3.63, 3.8) is 0 Å². The van der Waals surface area contributed by atoms with Crippen LogP contribution in [0.15, 0.2) is 0 Å². The molecule has 2 fully saturated rings. The molecule has 1 N–H and O–H groups in total. The zero-order valence-corrected chi connectivity index (χ0v) is 14.6. The zero-order chi connectivity index (χ0) is 15.4. The van der Waals surface area contributed by atoms with Crippen molar-refractivity contribution in [2.24, 2.45) is 17.8 Å². The van der Waals surface area contributed by atoms with Crippen molar-refractivity contribution in [2.45, 2.75) is 65.0 Å². The highest BCUT2D eigenvalue weighted by Gasteiger charge is 2.32. The number of hydrogen-bond acceptors (Lipinski definition) is 3. The smallest absolute Gasteiger partial charge is 0.0580 e. The maximum Gasteiger partial charge on any atom is 0.0580 e. The van der Waals surface area contributed by atoms with Gasteiger partial charge in [0.2, 0.25) is 0 Å². The predicted molar refractivity (Wildman–Crippen MR) is 89.4 cm³/mol. The summed E-state index contributed by atoms with van der Waals surface area (Å²) >= 11 is 0. The van der Waals surface area contributed by atoms with Gasteiger partial charge in [0.05, 0.1) is 6.10 Å². The molecule has 0 aromatic heterocycles. The Morgan fingerprint density at radius 3 is 2.62 bits per heavy atom. The summed E-state index contributed by atoms with van der Waals surface area (Å²) in [4.78, 5) is 5.10. The van der Waals surface area contributed by atoms with Crippen LogP contribution < -0.4 is 0 Å². The lowest BCUT2D eigenvalue weighted by Gasteiger charge is -2.38. The van der Waals surface area contributed by atoms with E-state index in [2.05, 4.69) is 37.6 Å². The summed E-state index contributed by atoms with van der Waals surface area (Å²) in [6, 6.07) is 0.738. The number of aliphatic hydroxyl groups excluding tert-OH is 1. The van der Waals surface area contributed by atoms with E-state index in [1.807, 2.05) is 0 Å². The molecule has 0 bridgehead atoms. The molecule has 4 atom stereocenters. The van der Waals surface area contributed by atoms with Crippen LogP contribution in [0.2, 0.25) is 0 Å². The Hall–Kier alpha value is -0.120. The summed E-state index contributed by atoms with van der Waals surface area (Å²) in [5, 5.41) is 10.3. The van der Waals surface area contributed by atoms with Gasteiger partial charge in [0.25, 0.3) is 0 Å². The molecule has 1 heterocycles. The normalized spacial score (nSPS) is 35.0. The average molecular weight is 296 g/mol. The number of likely N-dealkylation sites (tertiary alicyclic amines) is 1. The van der Waals surface area contributed by atoms with E-state index in [0.717, 1.165) is 30.8 Å². The minimum absolute atomic E-state index is 0.0756. The largest absolute Gasteiger partial charge is 0.393 e. The maximum absolute atomic E-state index is 10.3. The first kappa shape index (κ1) is 17.2. The van der Waals surface area contributed by atoms with Crippen molar-refractivity contribution in [3.05, 3.63) is 0 Å². The van der Waals surface area contributed by atoms with Gasteiger partial charge >= 0.3 is 0 Å². The van der Waals surface area contributed by atoms with Gasteiger partial charge in [0.1, 0.15) is 0 Å². The van der Waals surface area contributed by atoms with E-state index in [-0.39, 0.29) is 6.10 Å². The van der Waals surface area contributed by atoms with Crippen molar-refractivity contribution in [1.82, 2.24) is 9.80 Å². The van der Waals surface area contributed by atoms with Crippen molar-refractivity contribution < 1.29 is 5.11 Å². The zero-order valence-electron chi connectivity index (χ0n) is 14.6. The molecule has 0 aromatic rings. The maximum atomic E-state index is 10.3. The molecule has 1 aliphatic carbocycles. The van der Waals surface area contributed by atoms with Crippen LogP contribution in [0.1, 0.15) is 52.9 Å². The molecule has 0 spiro atoms. The minimum atomic E-state index is -0.0756. The molecular formula is C18H36N2O. The molecule has 1 saturated carbocycles. The Kier molecular flexibility index (Phi) is 6.51. The molecule has 4 unspecified atom stereocenters. The number of rotatable bonds is 6. The summed E-state index contributed by atoms with van der Waals surface area (Å²) in [5.74, 6) is 2.05.